The van der Waals surface area contributed by atoms with E-state index in [9.17, 15) is 10.2 Å². The lowest BCUT2D eigenvalue weighted by Gasteiger charge is -2.59. The van der Waals surface area contributed by atoms with Gasteiger partial charge >= 0.3 is 0 Å². The quantitative estimate of drug-likeness (QED) is 0.808. The first-order chi connectivity index (χ1) is 11.1. The molecule has 0 bridgehead atoms. The van der Waals surface area contributed by atoms with Crippen LogP contribution in [0, 0.1) is 22.7 Å². The van der Waals surface area contributed by atoms with Crippen LogP contribution in [0.4, 0.5) is 0 Å². The number of fused-ring (bicyclic) bond motifs is 1. The van der Waals surface area contributed by atoms with Gasteiger partial charge in [0.25, 0.3) is 0 Å². The van der Waals surface area contributed by atoms with Gasteiger partial charge in [-0.15, -0.1) is 0 Å². The summed E-state index contributed by atoms with van der Waals surface area (Å²) in [7, 11) is 0. The minimum atomic E-state index is -0.304. The number of furan rings is 1. The molecule has 3 atom stereocenters. The first-order valence-electron chi connectivity index (χ1n) is 8.96. The van der Waals surface area contributed by atoms with Crippen LogP contribution >= 0.6 is 0 Å². The number of hydrogen-bond donors (Lipinski definition) is 2. The van der Waals surface area contributed by atoms with Crippen LogP contribution in [0.25, 0.3) is 0 Å². The third kappa shape index (κ3) is 2.78. The average Bonchev–Trinajstić information content (AvgIpc) is 3.06. The highest BCUT2D eigenvalue weighted by atomic mass is 16.3. The normalized spacial score (nSPS) is 33.4. The summed E-state index contributed by atoms with van der Waals surface area (Å²) < 4.78 is 5.19. The van der Waals surface area contributed by atoms with Crippen LogP contribution < -0.4 is 0 Å². The molecule has 128 valence electrons. The van der Waals surface area contributed by atoms with Crippen molar-refractivity contribution in [1.82, 2.24) is 0 Å². The summed E-state index contributed by atoms with van der Waals surface area (Å²) in [6.07, 6.45) is 10.9. The second-order valence-electron chi connectivity index (χ2n) is 8.01. The summed E-state index contributed by atoms with van der Waals surface area (Å²) in [5.74, 6) is 0.854. The molecule has 0 aromatic carbocycles. The molecule has 1 aromatic heterocycles. The molecule has 3 unspecified atom stereocenters. The third-order valence-electron chi connectivity index (χ3n) is 6.90. The largest absolute Gasteiger partial charge is 0.472 e. The molecule has 2 N–H and O–H groups in total. The fraction of sp³-hybridized carbons (Fsp3) is 0.700. The van der Waals surface area contributed by atoms with Crippen molar-refractivity contribution in [3.8, 4) is 0 Å². The molecule has 0 radical (unpaired) electrons. The second-order valence-corrected chi connectivity index (χ2v) is 8.01. The zero-order valence-electron chi connectivity index (χ0n) is 14.3. The van der Waals surface area contributed by atoms with Gasteiger partial charge in [-0.1, -0.05) is 25.5 Å². The van der Waals surface area contributed by atoms with E-state index < -0.39 is 0 Å². The lowest BCUT2D eigenvalue weighted by molar-refractivity contribution is -0.118. The SMILES string of the molecule is C=C1CCC2C(CO)(CO)CCCC2(C)C1CCc1ccoc1. The van der Waals surface area contributed by atoms with E-state index in [0.29, 0.717) is 11.8 Å². The van der Waals surface area contributed by atoms with Crippen molar-refractivity contribution in [3.05, 3.63) is 36.3 Å². The van der Waals surface area contributed by atoms with Gasteiger partial charge in [-0.05, 0) is 67.4 Å². The van der Waals surface area contributed by atoms with Crippen molar-refractivity contribution in [2.75, 3.05) is 13.2 Å². The topological polar surface area (TPSA) is 53.6 Å². The van der Waals surface area contributed by atoms with Crippen LogP contribution in [0.15, 0.2) is 35.2 Å². The van der Waals surface area contributed by atoms with Gasteiger partial charge in [0.2, 0.25) is 0 Å². The number of hydrogen-bond acceptors (Lipinski definition) is 3. The van der Waals surface area contributed by atoms with Gasteiger partial charge in [-0.25, -0.2) is 0 Å². The molecule has 2 aliphatic rings. The Kier molecular flexibility index (Phi) is 4.70. The Hall–Kier alpha value is -1.06. The van der Waals surface area contributed by atoms with E-state index in [4.69, 9.17) is 4.42 Å². The van der Waals surface area contributed by atoms with Gasteiger partial charge in [0, 0.05) is 5.41 Å². The van der Waals surface area contributed by atoms with E-state index in [1.54, 1.807) is 6.26 Å². The van der Waals surface area contributed by atoms with Crippen LogP contribution in [0.3, 0.4) is 0 Å². The van der Waals surface area contributed by atoms with Crippen LogP contribution in [0.1, 0.15) is 51.0 Å². The van der Waals surface area contributed by atoms with Crippen molar-refractivity contribution >= 4 is 0 Å². The first-order valence-corrected chi connectivity index (χ1v) is 8.96. The molecule has 3 nitrogen and oxygen atoms in total. The molecule has 2 saturated carbocycles. The van der Waals surface area contributed by atoms with E-state index in [1.807, 2.05) is 12.3 Å². The van der Waals surface area contributed by atoms with Gasteiger partial charge < -0.3 is 14.6 Å². The molecule has 3 heteroatoms. The molecular weight excluding hydrogens is 288 g/mol. The van der Waals surface area contributed by atoms with Gasteiger partial charge in [-0.2, -0.15) is 0 Å². The number of aliphatic hydroxyl groups excluding tert-OH is 2. The van der Waals surface area contributed by atoms with E-state index in [2.05, 4.69) is 13.5 Å². The van der Waals surface area contributed by atoms with Crippen LogP contribution in [-0.4, -0.2) is 23.4 Å². The number of aliphatic hydroxyl groups is 2. The Morgan fingerprint density at radius 3 is 2.74 bits per heavy atom. The molecule has 23 heavy (non-hydrogen) atoms. The predicted molar refractivity (Wildman–Crippen MR) is 90.9 cm³/mol. The number of aryl methyl sites for hydroxylation is 1. The minimum Gasteiger partial charge on any atom is -0.472 e. The third-order valence-corrected chi connectivity index (χ3v) is 6.90. The van der Waals surface area contributed by atoms with E-state index >= 15 is 0 Å². The maximum Gasteiger partial charge on any atom is 0.0934 e. The number of allylic oxidation sites excluding steroid dienone is 1. The highest BCUT2D eigenvalue weighted by Gasteiger charge is 2.55. The monoisotopic (exact) mass is 318 g/mol. The van der Waals surface area contributed by atoms with E-state index in [-0.39, 0.29) is 24.0 Å². The molecule has 1 heterocycles. The van der Waals surface area contributed by atoms with Crippen molar-refractivity contribution in [2.45, 2.75) is 51.9 Å². The smallest absolute Gasteiger partial charge is 0.0934 e. The molecular formula is C20H30O3. The second kappa shape index (κ2) is 6.45. The van der Waals surface area contributed by atoms with Crippen LogP contribution in [0.2, 0.25) is 0 Å². The maximum atomic E-state index is 10.0. The summed E-state index contributed by atoms with van der Waals surface area (Å²) in [6.45, 7) is 6.96. The summed E-state index contributed by atoms with van der Waals surface area (Å²) >= 11 is 0. The Labute approximate surface area is 139 Å². The minimum absolute atomic E-state index is 0.102. The van der Waals surface area contributed by atoms with Gasteiger partial charge in [0.05, 0.1) is 25.7 Å². The lowest BCUT2D eigenvalue weighted by Crippen LogP contribution is -2.54. The van der Waals surface area contributed by atoms with Crippen molar-refractivity contribution in [3.63, 3.8) is 0 Å². The first kappa shape index (κ1) is 16.8. The molecule has 2 aliphatic carbocycles. The van der Waals surface area contributed by atoms with E-state index in [0.717, 1.165) is 38.5 Å². The van der Waals surface area contributed by atoms with Crippen molar-refractivity contribution in [2.24, 2.45) is 22.7 Å². The van der Waals surface area contributed by atoms with E-state index in [1.165, 1.54) is 17.6 Å². The highest BCUT2D eigenvalue weighted by Crippen LogP contribution is 2.61. The van der Waals surface area contributed by atoms with Crippen LogP contribution in [-0.2, 0) is 6.42 Å². The molecule has 0 amide bonds. The Bertz CT molecular complexity index is 529. The molecule has 0 saturated heterocycles. The summed E-state index contributed by atoms with van der Waals surface area (Å²) in [5, 5.41) is 20.1. The predicted octanol–water partition coefficient (Wildman–Crippen LogP) is 3.96. The average molecular weight is 318 g/mol. The summed E-state index contributed by atoms with van der Waals surface area (Å²) in [4.78, 5) is 0. The van der Waals surface area contributed by atoms with Crippen LogP contribution in [0.5, 0.6) is 0 Å². The number of rotatable bonds is 5. The fourth-order valence-electron chi connectivity index (χ4n) is 5.60. The van der Waals surface area contributed by atoms with Gasteiger partial charge in [-0.3, -0.25) is 0 Å². The Morgan fingerprint density at radius 1 is 1.30 bits per heavy atom. The standard InChI is InChI=1S/C20H30O3/c1-15-4-7-18-19(2,9-3-10-20(18,13-21)14-22)17(15)6-5-16-8-11-23-12-16/h8,11-12,17-18,21-22H,1,3-7,9-10,13-14H2,2H3. The molecule has 0 aliphatic heterocycles. The highest BCUT2D eigenvalue weighted by molar-refractivity contribution is 5.18. The molecule has 1 aromatic rings. The maximum absolute atomic E-state index is 10.0. The molecule has 3 rings (SSSR count). The van der Waals surface area contributed by atoms with Crippen molar-refractivity contribution < 1.29 is 14.6 Å². The summed E-state index contributed by atoms with van der Waals surface area (Å²) in [5.41, 5.74) is 2.44. The lowest BCUT2D eigenvalue weighted by atomic mass is 9.46. The van der Waals surface area contributed by atoms with Gasteiger partial charge in [0.15, 0.2) is 0 Å². The zero-order chi connectivity index (χ0) is 16.5. The van der Waals surface area contributed by atoms with Gasteiger partial charge in [0.1, 0.15) is 0 Å². The summed E-state index contributed by atoms with van der Waals surface area (Å²) in [6, 6.07) is 2.04. The molecule has 0 spiro atoms. The van der Waals surface area contributed by atoms with Crippen molar-refractivity contribution in [1.29, 1.82) is 0 Å². The Morgan fingerprint density at radius 2 is 2.09 bits per heavy atom. The Balaban J connectivity index is 1.84. The fourth-order valence-corrected chi connectivity index (χ4v) is 5.60. The zero-order valence-corrected chi connectivity index (χ0v) is 14.3. The molecule has 2 fully saturated rings.